The lowest BCUT2D eigenvalue weighted by molar-refractivity contribution is -0.209. The molecule has 0 saturated heterocycles. The molecule has 0 amide bonds. The van der Waals surface area contributed by atoms with E-state index in [0.29, 0.717) is 4.88 Å². The van der Waals surface area contributed by atoms with Crippen LogP contribution in [-0.2, 0) is 16.5 Å². The lowest BCUT2D eigenvalue weighted by Crippen LogP contribution is -2.49. The van der Waals surface area contributed by atoms with Crippen molar-refractivity contribution in [3.05, 3.63) is 20.8 Å². The molecule has 9 heteroatoms. The van der Waals surface area contributed by atoms with Crippen molar-refractivity contribution in [3.8, 4) is 0 Å². The van der Waals surface area contributed by atoms with Gasteiger partial charge < -0.3 is 5.11 Å². The van der Waals surface area contributed by atoms with Gasteiger partial charge in [0.25, 0.3) is 0 Å². The van der Waals surface area contributed by atoms with Crippen LogP contribution in [0.5, 0.6) is 0 Å². The van der Waals surface area contributed by atoms with Crippen LogP contribution < -0.4 is 4.72 Å². The maximum Gasteiger partial charge on any atom is 0.414 e. The van der Waals surface area contributed by atoms with Crippen LogP contribution in [0.15, 0.2) is 15.9 Å². The van der Waals surface area contributed by atoms with Gasteiger partial charge in [0.15, 0.2) is 6.10 Å². The molecule has 1 aromatic heterocycles. The number of aliphatic hydroxyl groups is 1. The molecule has 3 nitrogen and oxygen atoms in total. The zero-order valence-electron chi connectivity index (χ0n) is 12.6. The van der Waals surface area contributed by atoms with E-state index in [1.54, 1.807) is 32.2 Å². The monoisotopic (exact) mass is 421 g/mol. The summed E-state index contributed by atoms with van der Waals surface area (Å²) in [7, 11) is -1.58. The summed E-state index contributed by atoms with van der Waals surface area (Å²) < 4.78 is 53.3. The lowest BCUT2D eigenvalue weighted by Gasteiger charge is -2.34. The summed E-state index contributed by atoms with van der Waals surface area (Å²) in [6.45, 7) is 6.69. The summed E-state index contributed by atoms with van der Waals surface area (Å²) in [6, 6.07) is 1.67. The van der Waals surface area contributed by atoms with Crippen molar-refractivity contribution in [2.45, 2.75) is 56.7 Å². The third-order valence-corrected chi connectivity index (χ3v) is 6.67. The molecule has 0 unspecified atom stereocenters. The first-order valence-corrected chi connectivity index (χ1v) is 9.27. The van der Waals surface area contributed by atoms with Gasteiger partial charge in [0.2, 0.25) is 0 Å². The van der Waals surface area contributed by atoms with E-state index in [0.717, 1.165) is 4.47 Å². The average Bonchev–Trinajstić information content (AvgIpc) is 2.73. The second-order valence-electron chi connectivity index (χ2n) is 6.21. The Labute approximate surface area is 143 Å². The van der Waals surface area contributed by atoms with Crippen LogP contribution in [0.25, 0.3) is 0 Å². The number of hydrogen-bond donors (Lipinski definition) is 2. The summed E-state index contributed by atoms with van der Waals surface area (Å²) in [5, 5.41) is 11.2. The third-order valence-electron chi connectivity index (χ3n) is 2.96. The topological polar surface area (TPSA) is 49.3 Å². The molecule has 0 fully saturated rings. The first kappa shape index (κ1) is 20.1. The highest BCUT2D eigenvalue weighted by Crippen LogP contribution is 2.37. The third kappa shape index (κ3) is 5.30. The fourth-order valence-electron chi connectivity index (χ4n) is 1.66. The highest BCUT2D eigenvalue weighted by atomic mass is 79.9. The van der Waals surface area contributed by atoms with Gasteiger partial charge in [-0.25, -0.2) is 8.93 Å². The molecular weight excluding hydrogens is 403 g/mol. The first-order chi connectivity index (χ1) is 9.75. The predicted octanol–water partition coefficient (Wildman–Crippen LogP) is 4.09. The number of alkyl halides is 3. The van der Waals surface area contributed by atoms with Gasteiger partial charge in [-0.3, -0.25) is 0 Å². The molecule has 22 heavy (non-hydrogen) atoms. The summed E-state index contributed by atoms with van der Waals surface area (Å²) in [5.41, 5.74) is -1.26. The minimum Gasteiger partial charge on any atom is -0.384 e. The Morgan fingerprint density at radius 1 is 1.36 bits per heavy atom. The van der Waals surface area contributed by atoms with Crippen molar-refractivity contribution in [1.29, 1.82) is 0 Å². The summed E-state index contributed by atoms with van der Waals surface area (Å²) in [5.74, 6) is 0. The van der Waals surface area contributed by atoms with Crippen molar-refractivity contribution in [3.63, 3.8) is 0 Å². The van der Waals surface area contributed by atoms with Gasteiger partial charge in [-0.05, 0) is 49.7 Å². The van der Waals surface area contributed by atoms with Gasteiger partial charge in [-0.1, -0.05) is 0 Å². The number of nitrogens with one attached hydrogen (secondary N) is 1. The minimum atomic E-state index is -4.72. The molecule has 0 saturated carbocycles. The number of halogens is 4. The lowest BCUT2D eigenvalue weighted by atomic mass is 9.93. The Balaban J connectivity index is 3.13. The Morgan fingerprint density at radius 3 is 2.27 bits per heavy atom. The van der Waals surface area contributed by atoms with Crippen molar-refractivity contribution < 1.29 is 22.5 Å². The molecule has 2 N–H and O–H groups in total. The molecule has 0 aliphatic rings. The van der Waals surface area contributed by atoms with Crippen molar-refractivity contribution in [2.75, 3.05) is 0 Å². The van der Waals surface area contributed by atoms with E-state index < -0.39 is 40.0 Å². The Morgan fingerprint density at radius 2 is 1.91 bits per heavy atom. The Kier molecular flexibility index (Phi) is 6.28. The van der Waals surface area contributed by atoms with Crippen LogP contribution in [-0.4, -0.2) is 26.3 Å². The average molecular weight is 422 g/mol. The summed E-state index contributed by atoms with van der Waals surface area (Å²) in [4.78, 5) is 0.570. The molecule has 0 spiro atoms. The van der Waals surface area contributed by atoms with Crippen LogP contribution in [0.4, 0.5) is 13.2 Å². The quantitative estimate of drug-likeness (QED) is 0.751. The van der Waals surface area contributed by atoms with Gasteiger partial charge in [-0.15, -0.1) is 11.3 Å². The van der Waals surface area contributed by atoms with Gasteiger partial charge in [0, 0.05) is 21.2 Å². The second-order valence-corrected chi connectivity index (χ2v) is 10.00. The van der Waals surface area contributed by atoms with Crippen LogP contribution >= 0.6 is 27.3 Å². The van der Waals surface area contributed by atoms with E-state index in [1.165, 1.54) is 18.3 Å². The van der Waals surface area contributed by atoms with Crippen LogP contribution in [0, 0.1) is 0 Å². The van der Waals surface area contributed by atoms with E-state index in [4.69, 9.17) is 0 Å². The molecule has 3 atom stereocenters. The molecule has 1 aromatic rings. The van der Waals surface area contributed by atoms with E-state index >= 15 is 0 Å². The molecule has 1 rings (SSSR count). The maximum absolute atomic E-state index is 12.7. The van der Waals surface area contributed by atoms with Crippen molar-refractivity contribution >= 4 is 38.3 Å². The van der Waals surface area contributed by atoms with Gasteiger partial charge in [0.05, 0.1) is 21.3 Å². The second kappa shape index (κ2) is 6.88. The fraction of sp³-hybridized carbons (Fsp3) is 0.692. The predicted molar refractivity (Wildman–Crippen MR) is 87.1 cm³/mol. The molecule has 128 valence electrons. The van der Waals surface area contributed by atoms with Crippen molar-refractivity contribution in [2.24, 2.45) is 0 Å². The smallest absolute Gasteiger partial charge is 0.384 e. The van der Waals surface area contributed by atoms with E-state index in [2.05, 4.69) is 20.7 Å². The number of rotatable bonds is 5. The van der Waals surface area contributed by atoms with E-state index in [1.807, 2.05) is 0 Å². The highest BCUT2D eigenvalue weighted by Gasteiger charge is 2.45. The maximum atomic E-state index is 12.7. The van der Waals surface area contributed by atoms with Gasteiger partial charge >= 0.3 is 6.18 Å². The zero-order chi connectivity index (χ0) is 17.3. The number of thiophene rings is 1. The number of aliphatic hydroxyl groups excluding tert-OH is 1. The largest absolute Gasteiger partial charge is 0.414 e. The summed E-state index contributed by atoms with van der Waals surface area (Å²) >= 11 is 4.50. The van der Waals surface area contributed by atoms with Crippen molar-refractivity contribution in [1.82, 2.24) is 4.72 Å². The van der Waals surface area contributed by atoms with Crippen LogP contribution in [0.2, 0.25) is 0 Å². The minimum absolute atomic E-state index is 0.570. The zero-order valence-corrected chi connectivity index (χ0v) is 15.8. The normalized spacial score (nSPS) is 18.8. The van der Waals surface area contributed by atoms with Gasteiger partial charge in [0.1, 0.15) is 0 Å². The molecule has 1 heterocycles. The van der Waals surface area contributed by atoms with Crippen LogP contribution in [0.3, 0.4) is 0 Å². The Hall–Kier alpha value is 0.0400. The highest BCUT2D eigenvalue weighted by molar-refractivity contribution is 9.10. The van der Waals surface area contributed by atoms with Gasteiger partial charge in [-0.2, -0.15) is 13.2 Å². The first-order valence-electron chi connectivity index (χ1n) is 6.45. The molecule has 0 aromatic carbocycles. The molecule has 0 bridgehead atoms. The van der Waals surface area contributed by atoms with E-state index in [-0.39, 0.29) is 0 Å². The Bertz CT molecular complexity index is 542. The fourth-order valence-corrected chi connectivity index (χ4v) is 4.19. The standard InChI is InChI=1S/C13H19BrF3NO2S2/c1-11(2,3)22(20)18-12(4,6-9(19)13(15,16)17)10-5-8(14)7-21-10/h5,7,9,18-19H,6H2,1-4H3/t9-,12+,22-/m1/s1. The molecule has 0 aliphatic carbocycles. The molecule has 0 radical (unpaired) electrons. The van der Waals surface area contributed by atoms with E-state index in [9.17, 15) is 22.5 Å². The molecular formula is C13H19BrF3NO2S2. The molecule has 0 aliphatic heterocycles. The SMILES string of the molecule is CC(C)(C)[S@@](=O)N[C@@](C)(C[C@@H](O)C(F)(F)F)c1cc(Br)cs1. The number of hydrogen-bond acceptors (Lipinski definition) is 3. The summed E-state index contributed by atoms with van der Waals surface area (Å²) in [6.07, 6.45) is -7.84. The van der Waals surface area contributed by atoms with Crippen LogP contribution in [0.1, 0.15) is 39.0 Å².